The highest BCUT2D eigenvalue weighted by Gasteiger charge is 2.43. The van der Waals surface area contributed by atoms with Crippen LogP contribution in [-0.2, 0) is 12.4 Å². The number of nitrogens with one attached hydrogen (secondary N) is 1. The average molecular weight is 348 g/mol. The van der Waals surface area contributed by atoms with Gasteiger partial charge in [-0.25, -0.2) is 0 Å². The van der Waals surface area contributed by atoms with Crippen LogP contribution >= 0.6 is 0 Å². The first-order chi connectivity index (χ1) is 11.0. The Labute approximate surface area is 132 Å². The van der Waals surface area contributed by atoms with E-state index in [0.29, 0.717) is 0 Å². The molecule has 0 unspecified atom stereocenters. The van der Waals surface area contributed by atoms with Crippen LogP contribution in [-0.4, -0.2) is 5.91 Å². The maximum Gasteiger partial charge on any atom is 0.417 e. The van der Waals surface area contributed by atoms with Crippen molar-refractivity contribution in [2.45, 2.75) is 12.4 Å². The number of benzene rings is 2. The lowest BCUT2D eigenvalue weighted by atomic mass is 10.1. The molecule has 1 amide bonds. The molecule has 128 valence electrons. The molecule has 9 heteroatoms. The van der Waals surface area contributed by atoms with Crippen molar-refractivity contribution in [3.8, 4) is 0 Å². The summed E-state index contributed by atoms with van der Waals surface area (Å²) in [6.45, 7) is 0. The third kappa shape index (κ3) is 3.79. The minimum atomic E-state index is -5.22. The molecule has 3 N–H and O–H groups in total. The number of para-hydroxylation sites is 1. The third-order valence-corrected chi connectivity index (χ3v) is 3.09. The molecule has 0 saturated heterocycles. The van der Waals surface area contributed by atoms with Crippen LogP contribution in [0.2, 0.25) is 0 Å². The second kappa shape index (κ2) is 6.06. The van der Waals surface area contributed by atoms with Crippen molar-refractivity contribution in [1.82, 2.24) is 0 Å². The van der Waals surface area contributed by atoms with Crippen LogP contribution in [0, 0.1) is 0 Å². The summed E-state index contributed by atoms with van der Waals surface area (Å²) >= 11 is 0. The molecule has 0 aliphatic heterocycles. The van der Waals surface area contributed by atoms with E-state index < -0.39 is 35.1 Å². The largest absolute Gasteiger partial charge is 0.417 e. The summed E-state index contributed by atoms with van der Waals surface area (Å²) < 4.78 is 76.6. The highest BCUT2D eigenvalue weighted by molar-refractivity contribution is 6.07. The Bertz CT molecular complexity index is 767. The predicted molar refractivity (Wildman–Crippen MR) is 75.3 cm³/mol. The molecule has 0 aromatic heterocycles. The second-order valence-corrected chi connectivity index (χ2v) is 4.80. The Kier molecular flexibility index (Phi) is 4.46. The smallest absolute Gasteiger partial charge is 0.398 e. The van der Waals surface area contributed by atoms with Gasteiger partial charge in [0.15, 0.2) is 0 Å². The number of nitrogens with two attached hydrogens (primary N) is 1. The highest BCUT2D eigenvalue weighted by Crippen LogP contribution is 2.41. The number of carbonyl (C=O) groups excluding carboxylic acids is 1. The summed E-state index contributed by atoms with van der Waals surface area (Å²) in [6.07, 6.45) is -10.4. The fourth-order valence-corrected chi connectivity index (χ4v) is 2.01. The van der Waals surface area contributed by atoms with Crippen LogP contribution in [0.25, 0.3) is 0 Å². The molecule has 0 spiro atoms. The van der Waals surface area contributed by atoms with Crippen molar-refractivity contribution in [3.63, 3.8) is 0 Å². The molecule has 0 aliphatic rings. The maximum absolute atomic E-state index is 12.9. The normalized spacial score (nSPS) is 12.1. The van der Waals surface area contributed by atoms with E-state index in [2.05, 4.69) is 5.32 Å². The Hall–Kier alpha value is -2.71. The summed E-state index contributed by atoms with van der Waals surface area (Å²) in [5.41, 5.74) is 1.50. The van der Waals surface area contributed by atoms with E-state index in [1.807, 2.05) is 0 Å². The zero-order chi connectivity index (χ0) is 18.1. The molecular weight excluding hydrogens is 338 g/mol. The Morgan fingerprint density at radius 3 is 2.00 bits per heavy atom. The van der Waals surface area contributed by atoms with Gasteiger partial charge >= 0.3 is 12.4 Å². The molecule has 3 nitrogen and oxygen atoms in total. The number of nitrogen functional groups attached to an aromatic ring is 1. The van der Waals surface area contributed by atoms with Crippen LogP contribution in [0.4, 0.5) is 37.7 Å². The lowest BCUT2D eigenvalue weighted by Crippen LogP contribution is -2.18. The molecule has 0 fully saturated rings. The first kappa shape index (κ1) is 17.6. The number of alkyl halides is 6. The van der Waals surface area contributed by atoms with Gasteiger partial charge < -0.3 is 11.1 Å². The average Bonchev–Trinajstić information content (AvgIpc) is 2.45. The summed E-state index contributed by atoms with van der Waals surface area (Å²) in [7, 11) is 0. The van der Waals surface area contributed by atoms with Gasteiger partial charge in [0.05, 0.1) is 16.7 Å². The predicted octanol–water partition coefficient (Wildman–Crippen LogP) is 4.56. The summed E-state index contributed by atoms with van der Waals surface area (Å²) in [6, 6.07) is 7.02. The van der Waals surface area contributed by atoms with E-state index >= 15 is 0 Å². The number of carbonyl (C=O) groups is 1. The van der Waals surface area contributed by atoms with E-state index in [4.69, 9.17) is 5.73 Å². The first-order valence-corrected chi connectivity index (χ1v) is 6.44. The molecule has 0 radical (unpaired) electrons. The summed E-state index contributed by atoms with van der Waals surface area (Å²) in [5.74, 6) is -0.832. The number of rotatable bonds is 2. The van der Waals surface area contributed by atoms with Crippen molar-refractivity contribution < 1.29 is 31.1 Å². The van der Waals surface area contributed by atoms with E-state index in [0.717, 1.165) is 6.07 Å². The van der Waals surface area contributed by atoms with Gasteiger partial charge in [0, 0.05) is 11.4 Å². The van der Waals surface area contributed by atoms with E-state index in [-0.39, 0.29) is 23.4 Å². The molecular formula is C15H10F6N2O. The summed E-state index contributed by atoms with van der Waals surface area (Å²) in [5, 5.41) is 2.10. The molecule has 0 heterocycles. The van der Waals surface area contributed by atoms with Crippen molar-refractivity contribution in [2.75, 3.05) is 11.1 Å². The lowest BCUT2D eigenvalue weighted by Gasteiger charge is -2.17. The fourth-order valence-electron chi connectivity index (χ4n) is 2.01. The first-order valence-electron chi connectivity index (χ1n) is 6.44. The number of hydrogen-bond acceptors (Lipinski definition) is 2. The molecule has 0 saturated carbocycles. The highest BCUT2D eigenvalue weighted by atomic mass is 19.4. The SMILES string of the molecule is Nc1ccccc1C(=O)Nc1ccc(C(F)(F)F)c(C(F)(F)F)c1. The molecule has 0 bridgehead atoms. The van der Waals surface area contributed by atoms with Crippen molar-refractivity contribution >= 4 is 17.3 Å². The van der Waals surface area contributed by atoms with Gasteiger partial charge in [-0.1, -0.05) is 12.1 Å². The van der Waals surface area contributed by atoms with Crippen LogP contribution in [0.15, 0.2) is 42.5 Å². The number of amides is 1. The summed E-state index contributed by atoms with van der Waals surface area (Å²) in [4.78, 5) is 12.0. The van der Waals surface area contributed by atoms with Gasteiger partial charge in [-0.2, -0.15) is 26.3 Å². The van der Waals surface area contributed by atoms with Gasteiger partial charge in [-0.3, -0.25) is 4.79 Å². The van der Waals surface area contributed by atoms with Crippen LogP contribution in [0.5, 0.6) is 0 Å². The second-order valence-electron chi connectivity index (χ2n) is 4.80. The van der Waals surface area contributed by atoms with Crippen molar-refractivity contribution in [2.24, 2.45) is 0 Å². The van der Waals surface area contributed by atoms with Crippen LogP contribution < -0.4 is 11.1 Å². The molecule has 0 atom stereocenters. The van der Waals surface area contributed by atoms with Crippen molar-refractivity contribution in [1.29, 1.82) is 0 Å². The molecule has 2 aromatic rings. The van der Waals surface area contributed by atoms with Crippen molar-refractivity contribution in [3.05, 3.63) is 59.2 Å². The van der Waals surface area contributed by atoms with Crippen LogP contribution in [0.1, 0.15) is 21.5 Å². The van der Waals surface area contributed by atoms with Gasteiger partial charge in [0.25, 0.3) is 5.91 Å². The minimum Gasteiger partial charge on any atom is -0.398 e. The Balaban J connectivity index is 2.39. The van der Waals surface area contributed by atoms with E-state index in [1.54, 1.807) is 6.07 Å². The number of anilines is 2. The Morgan fingerprint density at radius 1 is 0.875 bits per heavy atom. The quantitative estimate of drug-likeness (QED) is 0.618. The zero-order valence-corrected chi connectivity index (χ0v) is 11.8. The topological polar surface area (TPSA) is 55.1 Å². The van der Waals surface area contributed by atoms with Gasteiger partial charge in [-0.05, 0) is 30.3 Å². The third-order valence-electron chi connectivity index (χ3n) is 3.09. The number of hydrogen-bond donors (Lipinski definition) is 2. The van der Waals surface area contributed by atoms with Crippen LogP contribution in [0.3, 0.4) is 0 Å². The minimum absolute atomic E-state index is 0.00837. The molecule has 24 heavy (non-hydrogen) atoms. The van der Waals surface area contributed by atoms with Gasteiger partial charge in [0.2, 0.25) is 0 Å². The molecule has 0 aliphatic carbocycles. The maximum atomic E-state index is 12.9. The fraction of sp³-hybridized carbons (Fsp3) is 0.133. The van der Waals surface area contributed by atoms with E-state index in [9.17, 15) is 31.1 Å². The zero-order valence-electron chi connectivity index (χ0n) is 11.8. The standard InChI is InChI=1S/C15H10F6N2O/c16-14(17,18)10-6-5-8(7-11(10)15(19,20)21)23-13(24)9-3-1-2-4-12(9)22/h1-7H,22H2,(H,23,24). The number of halogens is 6. The molecule has 2 aromatic carbocycles. The van der Waals surface area contributed by atoms with E-state index in [1.165, 1.54) is 18.2 Å². The molecule has 2 rings (SSSR count). The Morgan fingerprint density at radius 2 is 1.46 bits per heavy atom. The van der Waals surface area contributed by atoms with Gasteiger partial charge in [-0.15, -0.1) is 0 Å². The lowest BCUT2D eigenvalue weighted by molar-refractivity contribution is -0.162. The monoisotopic (exact) mass is 348 g/mol. The van der Waals surface area contributed by atoms with Gasteiger partial charge in [0.1, 0.15) is 0 Å².